The molecule has 0 aliphatic heterocycles. The number of rotatable bonds is 1. The summed E-state index contributed by atoms with van der Waals surface area (Å²) in [6.45, 7) is 2.02. The Hall–Kier alpha value is -1.76. The quantitative estimate of drug-likeness (QED) is 0.640. The van der Waals surface area contributed by atoms with Crippen LogP contribution in [-0.4, -0.2) is 0 Å². The molecule has 0 spiro atoms. The number of benzene rings is 2. The van der Waals surface area contributed by atoms with Gasteiger partial charge in [0.1, 0.15) is 0 Å². The maximum Gasteiger partial charge on any atom is 0.186 e. The summed E-state index contributed by atoms with van der Waals surface area (Å²) in [6.07, 6.45) is 0. The van der Waals surface area contributed by atoms with E-state index < -0.39 is 0 Å². The molecule has 1 heteroatoms. The summed E-state index contributed by atoms with van der Waals surface area (Å²) >= 11 is 0. The van der Waals surface area contributed by atoms with Crippen LogP contribution in [0.1, 0.15) is 5.56 Å². The van der Waals surface area contributed by atoms with E-state index in [0.29, 0.717) is 0 Å². The van der Waals surface area contributed by atoms with E-state index in [1.54, 1.807) is 12.1 Å². The van der Waals surface area contributed by atoms with Crippen molar-refractivity contribution in [2.24, 2.45) is 0 Å². The molecule has 0 atom stereocenters. The van der Waals surface area contributed by atoms with Crippen LogP contribution in [0.4, 0.5) is 0 Å². The fourth-order valence-corrected chi connectivity index (χ4v) is 1.52. The Balaban J connectivity index is 2.55. The highest BCUT2D eigenvalue weighted by molar-refractivity contribution is 5.70. The molecule has 2 aromatic carbocycles. The fraction of sp³-hybridized carbons (Fsp3) is 0.0769. The van der Waals surface area contributed by atoms with Crippen LogP contribution in [0.5, 0.6) is 5.75 Å². The molecule has 0 aliphatic rings. The summed E-state index contributed by atoms with van der Waals surface area (Å²) in [4.78, 5) is 0. The van der Waals surface area contributed by atoms with Gasteiger partial charge in [-0.15, -0.1) is 0 Å². The Morgan fingerprint density at radius 2 is 1.71 bits per heavy atom. The second kappa shape index (κ2) is 3.54. The smallest absolute Gasteiger partial charge is 0.186 e. The third-order valence-corrected chi connectivity index (χ3v) is 2.22. The Bertz CT molecular complexity index is 446. The second-order valence-corrected chi connectivity index (χ2v) is 3.37. The van der Waals surface area contributed by atoms with E-state index >= 15 is 0 Å². The minimum absolute atomic E-state index is 0.0816. The van der Waals surface area contributed by atoms with Crippen LogP contribution in [0.25, 0.3) is 11.1 Å². The van der Waals surface area contributed by atoms with Gasteiger partial charge in [-0.25, -0.2) is 0 Å². The van der Waals surface area contributed by atoms with Gasteiger partial charge in [0.15, 0.2) is 5.75 Å². The maximum absolute atomic E-state index is 11.5. The number of aryl methyl sites for hydroxylation is 1. The van der Waals surface area contributed by atoms with Gasteiger partial charge in [0.05, 0.1) is 0 Å². The van der Waals surface area contributed by atoms with Crippen LogP contribution >= 0.6 is 0 Å². The lowest BCUT2D eigenvalue weighted by Gasteiger charge is -2.02. The lowest BCUT2D eigenvalue weighted by Crippen LogP contribution is -1.79. The normalized spacial score (nSPS) is 10.1. The molecule has 0 amide bonds. The van der Waals surface area contributed by atoms with E-state index in [1.165, 1.54) is 5.56 Å². The zero-order chi connectivity index (χ0) is 9.97. The molecule has 2 aromatic rings. The van der Waals surface area contributed by atoms with Gasteiger partial charge in [-0.05, 0) is 18.6 Å². The zero-order valence-corrected chi connectivity index (χ0v) is 8.03. The Morgan fingerprint density at radius 1 is 0.929 bits per heavy atom. The summed E-state index contributed by atoms with van der Waals surface area (Å²) in [5.74, 6) is 0.0816. The van der Waals surface area contributed by atoms with Crippen molar-refractivity contribution < 1.29 is 5.11 Å². The first-order chi connectivity index (χ1) is 6.77. The van der Waals surface area contributed by atoms with Crippen LogP contribution in [-0.2, 0) is 5.11 Å². The molecule has 0 saturated carbocycles. The molecule has 1 nitrogen and oxygen atoms in total. The molecule has 0 aliphatic carbocycles. The lowest BCUT2D eigenvalue weighted by atomic mass is 10.0. The minimum atomic E-state index is 0.0816. The van der Waals surface area contributed by atoms with Gasteiger partial charge in [0.25, 0.3) is 0 Å². The van der Waals surface area contributed by atoms with Crippen molar-refractivity contribution in [1.82, 2.24) is 0 Å². The average molecular weight is 183 g/mol. The third-order valence-electron chi connectivity index (χ3n) is 2.22. The topological polar surface area (TPSA) is 19.9 Å². The Kier molecular flexibility index (Phi) is 2.23. The van der Waals surface area contributed by atoms with E-state index in [0.717, 1.165) is 11.1 Å². The first-order valence-corrected chi connectivity index (χ1v) is 4.60. The largest absolute Gasteiger partial charge is 0.289 e. The van der Waals surface area contributed by atoms with E-state index in [9.17, 15) is 5.11 Å². The Morgan fingerprint density at radius 3 is 2.43 bits per heavy atom. The highest BCUT2D eigenvalue weighted by atomic mass is 16.3. The molecule has 0 aromatic heterocycles. The summed E-state index contributed by atoms with van der Waals surface area (Å²) in [5.41, 5.74) is 2.94. The molecule has 0 heterocycles. The number of hydrogen-bond acceptors (Lipinski definition) is 0. The molecule has 1 radical (unpaired) electrons. The first-order valence-electron chi connectivity index (χ1n) is 4.60. The van der Waals surface area contributed by atoms with E-state index in [1.807, 2.05) is 43.3 Å². The van der Waals surface area contributed by atoms with Gasteiger partial charge < -0.3 is 0 Å². The molecular weight excluding hydrogens is 172 g/mol. The van der Waals surface area contributed by atoms with Crippen molar-refractivity contribution in [3.63, 3.8) is 0 Å². The van der Waals surface area contributed by atoms with Gasteiger partial charge in [-0.3, -0.25) is 5.11 Å². The van der Waals surface area contributed by atoms with E-state index in [4.69, 9.17) is 0 Å². The highest BCUT2D eigenvalue weighted by Crippen LogP contribution is 2.29. The van der Waals surface area contributed by atoms with Gasteiger partial charge in [-0.2, -0.15) is 0 Å². The van der Waals surface area contributed by atoms with Crippen LogP contribution in [0, 0.1) is 6.92 Å². The summed E-state index contributed by atoms with van der Waals surface area (Å²) in [6, 6.07) is 15.1. The monoisotopic (exact) mass is 183 g/mol. The standard InChI is InChI=1S/C13H11O/c1-10-5-4-6-11(9-10)12-7-2-3-8-13(12)14/h2-9H,1H3. The van der Waals surface area contributed by atoms with E-state index in [2.05, 4.69) is 0 Å². The molecule has 69 valence electrons. The predicted octanol–water partition coefficient (Wildman–Crippen LogP) is 3.81. The van der Waals surface area contributed by atoms with Gasteiger partial charge in [0.2, 0.25) is 0 Å². The SMILES string of the molecule is Cc1cccc(-c2ccccc2[O])c1. The number of para-hydroxylation sites is 1. The van der Waals surface area contributed by atoms with Crippen LogP contribution in [0.15, 0.2) is 48.5 Å². The summed E-state index contributed by atoms with van der Waals surface area (Å²) in [5, 5.41) is 11.5. The molecule has 0 bridgehead atoms. The van der Waals surface area contributed by atoms with Crippen molar-refractivity contribution >= 4 is 0 Å². The Labute approximate surface area is 83.6 Å². The third kappa shape index (κ3) is 1.62. The van der Waals surface area contributed by atoms with Crippen LogP contribution < -0.4 is 0 Å². The lowest BCUT2D eigenvalue weighted by molar-refractivity contribution is 0.356. The van der Waals surface area contributed by atoms with Crippen molar-refractivity contribution in [1.29, 1.82) is 0 Å². The highest BCUT2D eigenvalue weighted by Gasteiger charge is 2.03. The van der Waals surface area contributed by atoms with Crippen molar-refractivity contribution in [3.8, 4) is 16.9 Å². The molecule has 2 rings (SSSR count). The minimum Gasteiger partial charge on any atom is -0.289 e. The van der Waals surface area contributed by atoms with Gasteiger partial charge in [0, 0.05) is 5.56 Å². The average Bonchev–Trinajstić information content (AvgIpc) is 2.18. The summed E-state index contributed by atoms with van der Waals surface area (Å²) < 4.78 is 0. The maximum atomic E-state index is 11.5. The first kappa shape index (κ1) is 8.82. The molecule has 0 unspecified atom stereocenters. The van der Waals surface area contributed by atoms with Crippen LogP contribution in [0.3, 0.4) is 0 Å². The summed E-state index contributed by atoms with van der Waals surface area (Å²) in [7, 11) is 0. The molecule has 0 N–H and O–H groups in total. The molecular formula is C13H11O. The van der Waals surface area contributed by atoms with Gasteiger partial charge >= 0.3 is 0 Å². The molecule has 0 saturated heterocycles. The molecule has 14 heavy (non-hydrogen) atoms. The fourth-order valence-electron chi connectivity index (χ4n) is 1.52. The zero-order valence-electron chi connectivity index (χ0n) is 8.03. The van der Waals surface area contributed by atoms with Crippen LogP contribution in [0.2, 0.25) is 0 Å². The molecule has 0 fully saturated rings. The van der Waals surface area contributed by atoms with Crippen molar-refractivity contribution in [2.45, 2.75) is 6.92 Å². The number of hydrogen-bond donors (Lipinski definition) is 0. The van der Waals surface area contributed by atoms with E-state index in [-0.39, 0.29) is 5.75 Å². The van der Waals surface area contributed by atoms with Gasteiger partial charge in [-0.1, -0.05) is 48.0 Å². The van der Waals surface area contributed by atoms with Crippen molar-refractivity contribution in [2.75, 3.05) is 0 Å². The predicted molar refractivity (Wildman–Crippen MR) is 56.7 cm³/mol. The second-order valence-electron chi connectivity index (χ2n) is 3.37. The van der Waals surface area contributed by atoms with Crippen molar-refractivity contribution in [3.05, 3.63) is 54.1 Å².